The minimum atomic E-state index is -0.793. The van der Waals surface area contributed by atoms with Gasteiger partial charge in [0, 0.05) is 19.1 Å². The summed E-state index contributed by atoms with van der Waals surface area (Å²) in [5.74, 6) is -0.874. The van der Waals surface area contributed by atoms with E-state index in [1.165, 1.54) is 0 Å². The van der Waals surface area contributed by atoms with Crippen LogP contribution in [-0.2, 0) is 9.59 Å². The monoisotopic (exact) mass is 403 g/mol. The number of carbonyl (C=O) groups excluding carboxylic acids is 1. The lowest BCUT2D eigenvalue weighted by molar-refractivity contribution is -0.139. The first-order valence-corrected chi connectivity index (χ1v) is 9.01. The maximum absolute atomic E-state index is 12.2. The molecule has 0 atom stereocenters. The van der Waals surface area contributed by atoms with Gasteiger partial charge in [0.05, 0.1) is 23.8 Å². The highest BCUT2D eigenvalue weighted by Gasteiger charge is 2.25. The number of carboxylic acids is 1. The van der Waals surface area contributed by atoms with Crippen molar-refractivity contribution in [2.75, 3.05) is 38.0 Å². The van der Waals surface area contributed by atoms with Gasteiger partial charge in [-0.25, -0.2) is 0 Å². The number of likely N-dealkylation sites (tertiary alicyclic amines) is 1. The summed E-state index contributed by atoms with van der Waals surface area (Å²) in [6.45, 7) is 6.63. The van der Waals surface area contributed by atoms with Crippen molar-refractivity contribution in [3.63, 3.8) is 0 Å². The molecule has 1 aliphatic heterocycles. The van der Waals surface area contributed by atoms with E-state index < -0.39 is 5.97 Å². The third-order valence-corrected chi connectivity index (χ3v) is 4.90. The highest BCUT2D eigenvalue weighted by molar-refractivity contribution is 6.33. The van der Waals surface area contributed by atoms with E-state index in [2.05, 4.69) is 10.2 Å². The number of aryl methyl sites for hydroxylation is 1. The second kappa shape index (κ2) is 10.7. The summed E-state index contributed by atoms with van der Waals surface area (Å²) in [7, 11) is 0. The van der Waals surface area contributed by atoms with Crippen LogP contribution in [0.15, 0.2) is 18.2 Å². The van der Waals surface area contributed by atoms with Gasteiger partial charge in [0.1, 0.15) is 0 Å². The third-order valence-electron chi connectivity index (χ3n) is 4.58. The molecule has 1 aromatic rings. The zero-order valence-electron chi connectivity index (χ0n) is 15.2. The quantitative estimate of drug-likeness (QED) is 0.731. The van der Waals surface area contributed by atoms with Crippen LogP contribution in [0.4, 0.5) is 5.69 Å². The molecule has 0 radical (unpaired) electrons. The summed E-state index contributed by atoms with van der Waals surface area (Å²) < 4.78 is 0. The number of anilines is 1. The molecule has 2 rings (SSSR count). The molecular formula is C18H27Cl2N3O3. The maximum atomic E-state index is 12.2. The number of benzene rings is 1. The van der Waals surface area contributed by atoms with Crippen LogP contribution in [-0.4, -0.2) is 65.5 Å². The van der Waals surface area contributed by atoms with Crippen molar-refractivity contribution in [3.05, 3.63) is 28.8 Å². The van der Waals surface area contributed by atoms with Crippen LogP contribution in [0.5, 0.6) is 0 Å². The Bertz CT molecular complexity index is 620. The lowest BCUT2D eigenvalue weighted by Crippen LogP contribution is -2.48. The van der Waals surface area contributed by atoms with Crippen LogP contribution in [0, 0.1) is 6.92 Å². The molecule has 1 saturated heterocycles. The molecule has 1 amide bonds. The van der Waals surface area contributed by atoms with Crippen LogP contribution in [0.25, 0.3) is 0 Å². The number of halogens is 2. The largest absolute Gasteiger partial charge is 0.480 e. The van der Waals surface area contributed by atoms with Crippen LogP contribution < -0.4 is 5.32 Å². The lowest BCUT2D eigenvalue weighted by atomic mass is 10.0. The summed E-state index contributed by atoms with van der Waals surface area (Å²) >= 11 is 6.15. The molecular weight excluding hydrogens is 377 g/mol. The number of rotatable bonds is 7. The molecule has 1 aliphatic rings. The van der Waals surface area contributed by atoms with Crippen molar-refractivity contribution in [2.24, 2.45) is 0 Å². The minimum Gasteiger partial charge on any atom is -0.480 e. The van der Waals surface area contributed by atoms with Crippen LogP contribution in [0.2, 0.25) is 5.02 Å². The second-order valence-corrected chi connectivity index (χ2v) is 6.90. The molecule has 146 valence electrons. The topological polar surface area (TPSA) is 72.9 Å². The van der Waals surface area contributed by atoms with E-state index in [1.807, 2.05) is 36.9 Å². The fourth-order valence-corrected chi connectivity index (χ4v) is 3.51. The zero-order valence-corrected chi connectivity index (χ0v) is 16.8. The average molecular weight is 404 g/mol. The van der Waals surface area contributed by atoms with Crippen molar-refractivity contribution >= 4 is 41.6 Å². The molecule has 0 saturated carbocycles. The predicted octanol–water partition coefficient (Wildman–Crippen LogP) is 2.88. The fourth-order valence-electron chi connectivity index (χ4n) is 3.23. The number of nitrogens with zero attached hydrogens (tertiary/aromatic N) is 2. The maximum Gasteiger partial charge on any atom is 0.317 e. The van der Waals surface area contributed by atoms with E-state index in [-0.39, 0.29) is 30.9 Å². The molecule has 0 unspecified atom stereocenters. The highest BCUT2D eigenvalue weighted by atomic mass is 35.5. The number of carboxylic acid groups (broad SMARTS) is 1. The molecule has 26 heavy (non-hydrogen) atoms. The Kier molecular flexibility index (Phi) is 9.36. The molecule has 0 aromatic heterocycles. The molecule has 1 fully saturated rings. The van der Waals surface area contributed by atoms with E-state index >= 15 is 0 Å². The summed E-state index contributed by atoms with van der Waals surface area (Å²) in [6, 6.07) is 5.82. The number of piperidine rings is 1. The summed E-state index contributed by atoms with van der Waals surface area (Å²) in [5.41, 5.74) is 1.68. The zero-order chi connectivity index (χ0) is 18.4. The first kappa shape index (κ1) is 22.7. The number of hydrogen-bond donors (Lipinski definition) is 2. The van der Waals surface area contributed by atoms with Gasteiger partial charge in [0.2, 0.25) is 5.91 Å². The Hall–Kier alpha value is -1.34. The second-order valence-electron chi connectivity index (χ2n) is 6.50. The number of hydrogen-bond acceptors (Lipinski definition) is 4. The Labute approximate surface area is 165 Å². The lowest BCUT2D eigenvalue weighted by Gasteiger charge is -2.37. The van der Waals surface area contributed by atoms with Crippen molar-refractivity contribution in [1.82, 2.24) is 9.80 Å². The SMILES string of the molecule is CCN(CC(=O)O)C1CCN(CC(=O)Nc2ccc(C)cc2Cl)CC1.Cl. The van der Waals surface area contributed by atoms with Crippen LogP contribution >= 0.6 is 24.0 Å². The van der Waals surface area contributed by atoms with Crippen molar-refractivity contribution in [3.8, 4) is 0 Å². The van der Waals surface area contributed by atoms with E-state index in [0.29, 0.717) is 17.3 Å². The van der Waals surface area contributed by atoms with E-state index in [9.17, 15) is 9.59 Å². The van der Waals surface area contributed by atoms with Gasteiger partial charge < -0.3 is 10.4 Å². The molecule has 8 heteroatoms. The van der Waals surface area contributed by atoms with Gasteiger partial charge in [-0.3, -0.25) is 19.4 Å². The number of likely N-dealkylation sites (N-methyl/N-ethyl adjacent to an activating group) is 1. The van der Waals surface area contributed by atoms with E-state index in [4.69, 9.17) is 16.7 Å². The molecule has 0 aliphatic carbocycles. The van der Waals surface area contributed by atoms with Gasteiger partial charge in [-0.15, -0.1) is 12.4 Å². The molecule has 0 spiro atoms. The normalized spacial score (nSPS) is 15.5. The Balaban J connectivity index is 0.00000338. The molecule has 1 aromatic carbocycles. The summed E-state index contributed by atoms with van der Waals surface area (Å²) in [4.78, 5) is 27.3. The van der Waals surface area contributed by atoms with Crippen LogP contribution in [0.3, 0.4) is 0 Å². The molecule has 2 N–H and O–H groups in total. The summed E-state index contributed by atoms with van der Waals surface area (Å²) in [6.07, 6.45) is 1.75. The van der Waals surface area contributed by atoms with Gasteiger partial charge in [-0.05, 0) is 44.0 Å². The van der Waals surface area contributed by atoms with Gasteiger partial charge in [-0.1, -0.05) is 24.6 Å². The van der Waals surface area contributed by atoms with Crippen LogP contribution in [0.1, 0.15) is 25.3 Å². The van der Waals surface area contributed by atoms with Gasteiger partial charge in [0.15, 0.2) is 0 Å². The number of aliphatic carboxylic acids is 1. The van der Waals surface area contributed by atoms with Gasteiger partial charge in [-0.2, -0.15) is 0 Å². The van der Waals surface area contributed by atoms with Crippen molar-refractivity contribution < 1.29 is 14.7 Å². The summed E-state index contributed by atoms with van der Waals surface area (Å²) in [5, 5.41) is 12.4. The van der Waals surface area contributed by atoms with Crippen molar-refractivity contribution in [2.45, 2.75) is 32.7 Å². The Morgan fingerprint density at radius 1 is 1.35 bits per heavy atom. The van der Waals surface area contributed by atoms with Gasteiger partial charge in [0.25, 0.3) is 0 Å². The fraction of sp³-hybridized carbons (Fsp3) is 0.556. The Morgan fingerprint density at radius 3 is 2.54 bits per heavy atom. The highest BCUT2D eigenvalue weighted by Crippen LogP contribution is 2.23. The molecule has 1 heterocycles. The standard InChI is InChI=1S/C18H26ClN3O3.ClH/c1-3-22(12-18(24)25)14-6-8-21(9-7-14)11-17(23)20-16-5-4-13(2)10-15(16)19;/h4-5,10,14H,3,6-9,11-12H2,1-2H3,(H,20,23)(H,24,25);1H. The first-order chi connectivity index (χ1) is 11.9. The first-order valence-electron chi connectivity index (χ1n) is 8.63. The number of amides is 1. The van der Waals surface area contributed by atoms with E-state index in [0.717, 1.165) is 38.0 Å². The Morgan fingerprint density at radius 2 is 2.00 bits per heavy atom. The third kappa shape index (κ3) is 6.76. The molecule has 0 bridgehead atoms. The predicted molar refractivity (Wildman–Crippen MR) is 106 cm³/mol. The molecule has 6 nitrogen and oxygen atoms in total. The van der Waals surface area contributed by atoms with E-state index in [1.54, 1.807) is 0 Å². The van der Waals surface area contributed by atoms with Crippen molar-refractivity contribution in [1.29, 1.82) is 0 Å². The number of carbonyl (C=O) groups is 2. The smallest absolute Gasteiger partial charge is 0.317 e. The number of nitrogens with one attached hydrogen (secondary N) is 1. The average Bonchev–Trinajstić information content (AvgIpc) is 2.56. The van der Waals surface area contributed by atoms with Gasteiger partial charge >= 0.3 is 5.97 Å². The minimum absolute atomic E-state index is 0.